The Morgan fingerprint density at radius 2 is 1.38 bits per heavy atom. The number of hydrogen-bond acceptors (Lipinski definition) is 1. The number of allylic oxidation sites excluding steroid dienone is 4. The fourth-order valence-corrected chi connectivity index (χ4v) is 1.52. The van der Waals surface area contributed by atoms with Gasteiger partial charge in [-0.05, 0) is 51.5 Å². The molecule has 1 nitrogen and oxygen atoms in total. The first-order valence-electron chi connectivity index (χ1n) is 6.59. The molecule has 0 bridgehead atoms. The van der Waals surface area contributed by atoms with Crippen LogP contribution >= 0.6 is 0 Å². The van der Waals surface area contributed by atoms with E-state index in [0.29, 0.717) is 0 Å². The number of carbonyl (C=O) groups excluding carboxylic acids is 1. The van der Waals surface area contributed by atoms with E-state index >= 15 is 0 Å². The normalized spacial score (nSPS) is 11.6. The Bertz CT molecular complexity index is 213. The highest BCUT2D eigenvalue weighted by Crippen LogP contribution is 2.04. The highest BCUT2D eigenvalue weighted by atomic mass is 16.1. The molecule has 92 valence electrons. The van der Waals surface area contributed by atoms with Gasteiger partial charge in [-0.3, -0.25) is 4.79 Å². The molecule has 16 heavy (non-hydrogen) atoms. The zero-order valence-electron chi connectivity index (χ0n) is 10.9. The molecule has 0 saturated carbocycles. The van der Waals surface area contributed by atoms with Crippen LogP contribution in [0, 0.1) is 0 Å². The quantitative estimate of drug-likeness (QED) is 0.294. The standard InChI is InChI=1S/C15H26O/c1-3-4-5-6-7-8-9-10-11-12-13-14-15(2)16/h7-8,13-14H,3-6,9-12H2,1-2H3/b8-7+,14-13+. The fourth-order valence-electron chi connectivity index (χ4n) is 1.52. The Morgan fingerprint density at radius 1 is 0.875 bits per heavy atom. The minimum absolute atomic E-state index is 0.149. The second-order valence-electron chi connectivity index (χ2n) is 4.26. The van der Waals surface area contributed by atoms with Gasteiger partial charge in [-0.1, -0.05) is 38.0 Å². The first-order valence-corrected chi connectivity index (χ1v) is 6.59. The Morgan fingerprint density at radius 3 is 1.88 bits per heavy atom. The molecule has 0 aliphatic rings. The van der Waals surface area contributed by atoms with Crippen LogP contribution in [0.5, 0.6) is 0 Å². The van der Waals surface area contributed by atoms with Gasteiger partial charge in [0.15, 0.2) is 5.78 Å². The molecule has 0 aromatic carbocycles. The Kier molecular flexibility index (Phi) is 11.6. The van der Waals surface area contributed by atoms with Crippen LogP contribution < -0.4 is 0 Å². The average Bonchev–Trinajstić information content (AvgIpc) is 2.25. The van der Waals surface area contributed by atoms with E-state index in [0.717, 1.165) is 6.42 Å². The Labute approximate surface area is 101 Å². The number of unbranched alkanes of at least 4 members (excludes halogenated alkanes) is 6. The van der Waals surface area contributed by atoms with Gasteiger partial charge in [-0.15, -0.1) is 0 Å². The summed E-state index contributed by atoms with van der Waals surface area (Å²) in [5.41, 5.74) is 0. The summed E-state index contributed by atoms with van der Waals surface area (Å²) in [6.07, 6.45) is 18.1. The van der Waals surface area contributed by atoms with E-state index in [1.807, 2.05) is 6.08 Å². The van der Waals surface area contributed by atoms with Crippen LogP contribution in [0.2, 0.25) is 0 Å². The second-order valence-corrected chi connectivity index (χ2v) is 4.26. The number of carbonyl (C=O) groups is 1. The SMILES string of the molecule is CCCCC/C=C/CCCC/C=C/C(C)=O. The average molecular weight is 222 g/mol. The topological polar surface area (TPSA) is 17.1 Å². The third-order valence-corrected chi connectivity index (χ3v) is 2.49. The predicted molar refractivity (Wildman–Crippen MR) is 71.6 cm³/mol. The predicted octanol–water partition coefficient (Wildman–Crippen LogP) is 4.83. The van der Waals surface area contributed by atoms with Gasteiger partial charge in [0.1, 0.15) is 0 Å². The summed E-state index contributed by atoms with van der Waals surface area (Å²) in [7, 11) is 0. The molecule has 0 aromatic rings. The fraction of sp³-hybridized carbons (Fsp3) is 0.667. The minimum atomic E-state index is 0.149. The Hall–Kier alpha value is -0.850. The third kappa shape index (κ3) is 13.2. The molecule has 0 unspecified atom stereocenters. The number of hydrogen-bond donors (Lipinski definition) is 0. The van der Waals surface area contributed by atoms with Crippen molar-refractivity contribution in [3.8, 4) is 0 Å². The van der Waals surface area contributed by atoms with Gasteiger partial charge in [0.05, 0.1) is 0 Å². The van der Waals surface area contributed by atoms with Gasteiger partial charge in [0, 0.05) is 0 Å². The number of ketones is 1. The van der Waals surface area contributed by atoms with E-state index in [1.54, 1.807) is 13.0 Å². The summed E-state index contributed by atoms with van der Waals surface area (Å²) >= 11 is 0. The lowest BCUT2D eigenvalue weighted by atomic mass is 10.1. The highest BCUT2D eigenvalue weighted by molar-refractivity contribution is 5.87. The van der Waals surface area contributed by atoms with Gasteiger partial charge in [-0.25, -0.2) is 0 Å². The summed E-state index contributed by atoms with van der Waals surface area (Å²) in [5, 5.41) is 0. The molecule has 0 amide bonds. The molecule has 0 spiro atoms. The van der Waals surface area contributed by atoms with Crippen molar-refractivity contribution >= 4 is 5.78 Å². The highest BCUT2D eigenvalue weighted by Gasteiger charge is 1.86. The smallest absolute Gasteiger partial charge is 0.152 e. The maximum absolute atomic E-state index is 10.6. The summed E-state index contributed by atoms with van der Waals surface area (Å²) in [4.78, 5) is 10.6. The van der Waals surface area contributed by atoms with Crippen molar-refractivity contribution in [2.45, 2.75) is 65.2 Å². The molecule has 0 heterocycles. The van der Waals surface area contributed by atoms with Crippen LogP contribution in [-0.2, 0) is 4.79 Å². The lowest BCUT2D eigenvalue weighted by molar-refractivity contribution is -0.112. The van der Waals surface area contributed by atoms with Gasteiger partial charge >= 0.3 is 0 Å². The first kappa shape index (κ1) is 15.2. The van der Waals surface area contributed by atoms with Crippen molar-refractivity contribution < 1.29 is 4.79 Å². The summed E-state index contributed by atoms with van der Waals surface area (Å²) in [6, 6.07) is 0. The van der Waals surface area contributed by atoms with Crippen molar-refractivity contribution in [2.75, 3.05) is 0 Å². The zero-order chi connectivity index (χ0) is 12.1. The van der Waals surface area contributed by atoms with Crippen LogP contribution in [0.3, 0.4) is 0 Å². The maximum Gasteiger partial charge on any atom is 0.152 e. The first-order chi connectivity index (χ1) is 7.77. The number of rotatable bonds is 10. The molecule has 0 fully saturated rings. The van der Waals surface area contributed by atoms with Gasteiger partial charge in [0.2, 0.25) is 0 Å². The third-order valence-electron chi connectivity index (χ3n) is 2.49. The molecule has 0 aromatic heterocycles. The van der Waals surface area contributed by atoms with Crippen LogP contribution in [0.1, 0.15) is 65.2 Å². The Balaban J connectivity index is 3.17. The summed E-state index contributed by atoms with van der Waals surface area (Å²) in [6.45, 7) is 3.83. The van der Waals surface area contributed by atoms with E-state index in [4.69, 9.17) is 0 Å². The van der Waals surface area contributed by atoms with Crippen LogP contribution in [-0.4, -0.2) is 5.78 Å². The van der Waals surface area contributed by atoms with E-state index in [-0.39, 0.29) is 5.78 Å². The van der Waals surface area contributed by atoms with E-state index in [9.17, 15) is 4.79 Å². The summed E-state index contributed by atoms with van der Waals surface area (Å²) < 4.78 is 0. The van der Waals surface area contributed by atoms with Crippen LogP contribution in [0.4, 0.5) is 0 Å². The molecule has 0 saturated heterocycles. The molecule has 0 aliphatic heterocycles. The van der Waals surface area contributed by atoms with E-state index in [1.165, 1.54) is 44.9 Å². The van der Waals surface area contributed by atoms with Gasteiger partial charge in [-0.2, -0.15) is 0 Å². The lowest BCUT2D eigenvalue weighted by Gasteiger charge is -1.94. The van der Waals surface area contributed by atoms with Gasteiger partial charge in [0.25, 0.3) is 0 Å². The minimum Gasteiger partial charge on any atom is -0.295 e. The molecular formula is C15H26O. The molecule has 1 heteroatoms. The molecule has 0 atom stereocenters. The zero-order valence-corrected chi connectivity index (χ0v) is 10.9. The molecule has 0 N–H and O–H groups in total. The molecule has 0 aliphatic carbocycles. The summed E-state index contributed by atoms with van der Waals surface area (Å²) in [5.74, 6) is 0.149. The van der Waals surface area contributed by atoms with Crippen molar-refractivity contribution in [2.24, 2.45) is 0 Å². The maximum atomic E-state index is 10.6. The van der Waals surface area contributed by atoms with Crippen molar-refractivity contribution in [1.29, 1.82) is 0 Å². The second kappa shape index (κ2) is 12.2. The lowest BCUT2D eigenvalue weighted by Crippen LogP contribution is -1.80. The van der Waals surface area contributed by atoms with Crippen molar-refractivity contribution in [3.63, 3.8) is 0 Å². The van der Waals surface area contributed by atoms with Crippen molar-refractivity contribution in [1.82, 2.24) is 0 Å². The van der Waals surface area contributed by atoms with Crippen molar-refractivity contribution in [3.05, 3.63) is 24.3 Å². The largest absolute Gasteiger partial charge is 0.295 e. The van der Waals surface area contributed by atoms with Crippen LogP contribution in [0.15, 0.2) is 24.3 Å². The van der Waals surface area contributed by atoms with Crippen LogP contribution in [0.25, 0.3) is 0 Å². The molecule has 0 rings (SSSR count). The monoisotopic (exact) mass is 222 g/mol. The molecular weight excluding hydrogens is 196 g/mol. The van der Waals surface area contributed by atoms with E-state index in [2.05, 4.69) is 19.1 Å². The van der Waals surface area contributed by atoms with E-state index < -0.39 is 0 Å². The molecule has 0 radical (unpaired) electrons. The van der Waals surface area contributed by atoms with Gasteiger partial charge < -0.3 is 0 Å².